The summed E-state index contributed by atoms with van der Waals surface area (Å²) in [7, 11) is 5.10. The smallest absolute Gasteiger partial charge is 0.309 e. The topological polar surface area (TPSA) is 106 Å². The van der Waals surface area contributed by atoms with E-state index < -0.39 is 11.4 Å². The number of ether oxygens (including phenoxy) is 2. The van der Waals surface area contributed by atoms with Gasteiger partial charge in [-0.05, 0) is 62.2 Å². The molecule has 3 aliphatic rings. The molecule has 2 heterocycles. The van der Waals surface area contributed by atoms with Gasteiger partial charge >= 0.3 is 5.97 Å². The van der Waals surface area contributed by atoms with Crippen molar-refractivity contribution >= 4 is 29.2 Å². The molecule has 0 spiro atoms. The summed E-state index contributed by atoms with van der Waals surface area (Å²) >= 11 is 14.1. The molecule has 2 aromatic carbocycles. The average Bonchev–Trinajstić information content (AvgIpc) is 2.96. The van der Waals surface area contributed by atoms with Crippen molar-refractivity contribution in [3.05, 3.63) is 82.0 Å². The Morgan fingerprint density at radius 1 is 0.953 bits per heavy atom. The van der Waals surface area contributed by atoms with Crippen LogP contribution in [0, 0.1) is 5.41 Å². The lowest BCUT2D eigenvalue weighted by molar-refractivity contribution is -0.199. The van der Waals surface area contributed by atoms with Crippen molar-refractivity contribution in [1.82, 2.24) is 20.6 Å². The van der Waals surface area contributed by atoms with Gasteiger partial charge in [0.1, 0.15) is 5.75 Å². The van der Waals surface area contributed by atoms with Crippen molar-refractivity contribution < 1.29 is 19.4 Å². The van der Waals surface area contributed by atoms with Crippen molar-refractivity contribution in [2.24, 2.45) is 5.41 Å². The Bertz CT molecular complexity index is 1710. The number of nitrogens with zero attached hydrogens (tertiary/aromatic N) is 2. The second kappa shape index (κ2) is 11.4. The SMILES string of the molecule is CNCc1ccc(-c2cccc(-c3ccnc(-c4cc(CNC56CC(C(=O)O)(C5)C6)cc(OC)c4)c3Cl)c2Cl)nc1OC. The van der Waals surface area contributed by atoms with Gasteiger partial charge in [-0.25, -0.2) is 4.98 Å². The first-order valence-corrected chi connectivity index (χ1v) is 14.8. The summed E-state index contributed by atoms with van der Waals surface area (Å²) in [6, 6.07) is 17.4. The van der Waals surface area contributed by atoms with Gasteiger partial charge in [0.2, 0.25) is 5.88 Å². The van der Waals surface area contributed by atoms with Crippen LogP contribution in [0.15, 0.2) is 60.8 Å². The first kappa shape index (κ1) is 29.4. The predicted molar refractivity (Wildman–Crippen MR) is 168 cm³/mol. The highest BCUT2D eigenvalue weighted by molar-refractivity contribution is 6.39. The second-order valence-corrected chi connectivity index (χ2v) is 12.2. The molecule has 222 valence electrons. The van der Waals surface area contributed by atoms with Crippen LogP contribution in [0.25, 0.3) is 33.6 Å². The molecule has 43 heavy (non-hydrogen) atoms. The minimum absolute atomic E-state index is 0.0920. The quantitative estimate of drug-likeness (QED) is 0.172. The fourth-order valence-electron chi connectivity index (χ4n) is 6.42. The Kier molecular flexibility index (Phi) is 7.81. The average molecular weight is 620 g/mol. The monoisotopic (exact) mass is 618 g/mol. The zero-order valence-corrected chi connectivity index (χ0v) is 25.6. The van der Waals surface area contributed by atoms with Gasteiger partial charge in [0.25, 0.3) is 0 Å². The number of halogens is 2. The fraction of sp³-hybridized carbons (Fsp3) is 0.303. The number of hydrogen-bond donors (Lipinski definition) is 3. The molecule has 7 rings (SSSR count). The van der Waals surface area contributed by atoms with E-state index in [1.54, 1.807) is 20.4 Å². The summed E-state index contributed by atoms with van der Waals surface area (Å²) in [5.41, 5.74) is 5.69. The van der Waals surface area contributed by atoms with Gasteiger partial charge in [-0.3, -0.25) is 9.78 Å². The molecule has 4 aromatic rings. The molecule has 0 atom stereocenters. The lowest BCUT2D eigenvalue weighted by Crippen LogP contribution is -2.76. The maximum atomic E-state index is 11.5. The first-order valence-electron chi connectivity index (χ1n) is 14.0. The Labute approximate surface area is 260 Å². The summed E-state index contributed by atoms with van der Waals surface area (Å²) < 4.78 is 11.1. The molecule has 0 aliphatic heterocycles. The van der Waals surface area contributed by atoms with Crippen LogP contribution >= 0.6 is 23.2 Å². The fourth-order valence-corrected chi connectivity index (χ4v) is 7.07. The maximum absolute atomic E-state index is 11.5. The third-order valence-corrected chi connectivity index (χ3v) is 9.37. The largest absolute Gasteiger partial charge is 0.497 e. The van der Waals surface area contributed by atoms with E-state index in [4.69, 9.17) is 37.7 Å². The number of carboxylic acid groups (broad SMARTS) is 1. The molecule has 2 aromatic heterocycles. The van der Waals surface area contributed by atoms with E-state index in [0.717, 1.165) is 33.4 Å². The summed E-state index contributed by atoms with van der Waals surface area (Å²) in [6.07, 6.45) is 3.73. The number of benzene rings is 2. The van der Waals surface area contributed by atoms with Crippen LogP contribution in [0.1, 0.15) is 30.4 Å². The highest BCUT2D eigenvalue weighted by Crippen LogP contribution is 2.67. The number of pyridine rings is 2. The second-order valence-electron chi connectivity index (χ2n) is 11.4. The van der Waals surface area contributed by atoms with Crippen molar-refractivity contribution in [3.8, 4) is 45.3 Å². The van der Waals surface area contributed by atoms with Crippen LogP contribution in [0.5, 0.6) is 11.6 Å². The molecule has 3 aliphatic carbocycles. The normalized spacial score (nSPS) is 20.2. The molecule has 3 fully saturated rings. The van der Waals surface area contributed by atoms with E-state index in [9.17, 15) is 9.90 Å². The van der Waals surface area contributed by atoms with Gasteiger partial charge in [-0.15, -0.1) is 0 Å². The molecular weight excluding hydrogens is 587 g/mol. The summed E-state index contributed by atoms with van der Waals surface area (Å²) in [5, 5.41) is 17.1. The van der Waals surface area contributed by atoms with Crippen LogP contribution in [0.4, 0.5) is 0 Å². The van der Waals surface area contributed by atoms with E-state index in [-0.39, 0.29) is 5.54 Å². The van der Waals surface area contributed by atoms with Crippen molar-refractivity contribution in [3.63, 3.8) is 0 Å². The number of carboxylic acids is 1. The molecule has 0 amide bonds. The molecule has 0 radical (unpaired) electrons. The zero-order chi connectivity index (χ0) is 30.4. The van der Waals surface area contributed by atoms with E-state index >= 15 is 0 Å². The number of carbonyl (C=O) groups is 1. The maximum Gasteiger partial charge on any atom is 0.309 e. The number of nitrogens with one attached hydrogen (secondary N) is 2. The van der Waals surface area contributed by atoms with Crippen LogP contribution in [-0.2, 0) is 17.9 Å². The molecule has 10 heteroatoms. The van der Waals surface area contributed by atoms with Crippen LogP contribution in [0.2, 0.25) is 10.0 Å². The molecule has 3 saturated carbocycles. The standard InChI is InChI=1S/C33H32Cl2N4O4/c1-36-15-20-7-8-26(39-30(20)43-3)25-6-4-5-23(27(25)34)24-9-10-37-29(28(24)35)21-11-19(12-22(13-21)42-2)14-38-33-16-32(17-33,18-33)31(40)41/h4-13,36,38H,14-18H2,1-3H3,(H,40,41). The predicted octanol–water partition coefficient (Wildman–Crippen LogP) is 6.62. The minimum atomic E-state index is -0.690. The highest BCUT2D eigenvalue weighted by atomic mass is 35.5. The highest BCUT2D eigenvalue weighted by Gasteiger charge is 2.71. The third kappa shape index (κ3) is 5.23. The van der Waals surface area contributed by atoms with Gasteiger partial charge in [0, 0.05) is 52.6 Å². The van der Waals surface area contributed by atoms with Gasteiger partial charge < -0.3 is 25.2 Å². The third-order valence-electron chi connectivity index (χ3n) is 8.58. The number of aromatic nitrogens is 2. The molecule has 0 saturated heterocycles. The lowest BCUT2D eigenvalue weighted by atomic mass is 9.39. The molecule has 8 nitrogen and oxygen atoms in total. The minimum Gasteiger partial charge on any atom is -0.497 e. The number of methoxy groups -OCH3 is 2. The van der Waals surface area contributed by atoms with Gasteiger partial charge in [0.05, 0.1) is 41.1 Å². The Hall–Kier alpha value is -3.69. The molecule has 3 N–H and O–H groups in total. The van der Waals surface area contributed by atoms with Crippen molar-refractivity contribution in [1.29, 1.82) is 0 Å². The summed E-state index contributed by atoms with van der Waals surface area (Å²) in [4.78, 5) is 20.8. The summed E-state index contributed by atoms with van der Waals surface area (Å²) in [6.45, 7) is 1.21. The number of rotatable bonds is 11. The van der Waals surface area contributed by atoms with Crippen LogP contribution in [0.3, 0.4) is 0 Å². The van der Waals surface area contributed by atoms with Gasteiger partial charge in [-0.1, -0.05) is 47.5 Å². The molecule has 2 bridgehead atoms. The lowest BCUT2D eigenvalue weighted by Gasteiger charge is -2.68. The Balaban J connectivity index is 1.31. The van der Waals surface area contributed by atoms with Gasteiger partial charge in [-0.2, -0.15) is 0 Å². The Morgan fingerprint density at radius 2 is 1.70 bits per heavy atom. The number of hydrogen-bond acceptors (Lipinski definition) is 7. The first-order chi connectivity index (χ1) is 20.7. The van der Waals surface area contributed by atoms with Crippen LogP contribution in [-0.4, -0.2) is 47.8 Å². The van der Waals surface area contributed by atoms with E-state index in [1.165, 1.54) is 0 Å². The zero-order valence-electron chi connectivity index (χ0n) is 24.1. The van der Waals surface area contributed by atoms with E-state index in [2.05, 4.69) is 15.6 Å². The van der Waals surface area contributed by atoms with E-state index in [0.29, 0.717) is 65.4 Å². The molecular formula is C33H32Cl2N4O4. The van der Waals surface area contributed by atoms with Crippen LogP contribution < -0.4 is 20.1 Å². The van der Waals surface area contributed by atoms with E-state index in [1.807, 2.05) is 61.6 Å². The number of aliphatic carboxylic acids is 1. The Morgan fingerprint density at radius 3 is 2.40 bits per heavy atom. The van der Waals surface area contributed by atoms with Crippen molar-refractivity contribution in [2.75, 3.05) is 21.3 Å². The van der Waals surface area contributed by atoms with Gasteiger partial charge in [0.15, 0.2) is 0 Å². The molecule has 0 unspecified atom stereocenters. The van der Waals surface area contributed by atoms with Crippen molar-refractivity contribution in [2.45, 2.75) is 37.9 Å². The summed E-state index contributed by atoms with van der Waals surface area (Å²) in [5.74, 6) is 0.528.